The predicted octanol–water partition coefficient (Wildman–Crippen LogP) is 5.93. The number of benzene rings is 1. The number of aryl methyl sites for hydroxylation is 1. The van der Waals surface area contributed by atoms with Gasteiger partial charge in [-0.3, -0.25) is 0 Å². The molecule has 0 radical (unpaired) electrons. The fraction of sp³-hybridized carbons (Fsp3) is 0.600. The van der Waals surface area contributed by atoms with E-state index in [2.05, 4.69) is 37.3 Å². The Hall–Kier alpha value is -1.24. The molecule has 0 aliphatic heterocycles. The van der Waals surface area contributed by atoms with Gasteiger partial charge >= 0.3 is 0 Å². The molecule has 1 nitrogen and oxygen atoms in total. The van der Waals surface area contributed by atoms with Crippen LogP contribution in [0.25, 0.3) is 0 Å². The van der Waals surface area contributed by atoms with E-state index in [9.17, 15) is 0 Å². The maximum Gasteiger partial charge on any atom is 0.119 e. The van der Waals surface area contributed by atoms with Gasteiger partial charge in [0.1, 0.15) is 5.75 Å². The Labute approximate surface area is 130 Å². The maximum absolute atomic E-state index is 5.49. The zero-order valence-electron chi connectivity index (χ0n) is 13.7. The Kier molecular flexibility index (Phi) is 6.85. The topological polar surface area (TPSA) is 9.23 Å². The Morgan fingerprint density at radius 2 is 1.90 bits per heavy atom. The summed E-state index contributed by atoms with van der Waals surface area (Å²) in [6.45, 7) is 5.06. The number of allylic oxidation sites excluding steroid dienone is 2. The molecule has 21 heavy (non-hydrogen) atoms. The Morgan fingerprint density at radius 1 is 1.10 bits per heavy atom. The minimum atomic E-state index is 0.741. The van der Waals surface area contributed by atoms with Crippen LogP contribution < -0.4 is 4.74 Å². The molecule has 0 amide bonds. The van der Waals surface area contributed by atoms with Crippen LogP contribution >= 0.6 is 0 Å². The summed E-state index contributed by atoms with van der Waals surface area (Å²) in [7, 11) is 0. The van der Waals surface area contributed by atoms with E-state index >= 15 is 0 Å². The third-order valence-corrected chi connectivity index (χ3v) is 4.55. The lowest BCUT2D eigenvalue weighted by molar-refractivity contribution is 0.340. The molecule has 2 rings (SSSR count). The van der Waals surface area contributed by atoms with E-state index in [1.165, 1.54) is 50.5 Å². The first kappa shape index (κ1) is 16.1. The molecule has 1 atom stereocenters. The van der Waals surface area contributed by atoms with Gasteiger partial charge in [0.2, 0.25) is 0 Å². The van der Waals surface area contributed by atoms with Gasteiger partial charge in [-0.1, -0.05) is 50.0 Å². The summed E-state index contributed by atoms with van der Waals surface area (Å²) in [6.07, 6.45) is 13.1. The highest BCUT2D eigenvalue weighted by atomic mass is 16.5. The van der Waals surface area contributed by atoms with Crippen molar-refractivity contribution in [1.82, 2.24) is 0 Å². The Morgan fingerprint density at radius 3 is 2.52 bits per heavy atom. The minimum Gasteiger partial charge on any atom is -0.494 e. The van der Waals surface area contributed by atoms with E-state index in [1.807, 2.05) is 6.92 Å². The Balaban J connectivity index is 1.74. The van der Waals surface area contributed by atoms with Crippen LogP contribution in [0.4, 0.5) is 0 Å². The lowest BCUT2D eigenvalue weighted by Gasteiger charge is -2.21. The summed E-state index contributed by atoms with van der Waals surface area (Å²) in [4.78, 5) is 0. The molecular weight excluding hydrogens is 256 g/mol. The zero-order chi connectivity index (χ0) is 14.9. The van der Waals surface area contributed by atoms with Crippen molar-refractivity contribution >= 4 is 0 Å². The van der Waals surface area contributed by atoms with Crippen LogP contribution in [0.15, 0.2) is 35.9 Å². The molecule has 1 aliphatic rings. The predicted molar refractivity (Wildman–Crippen MR) is 90.9 cm³/mol. The third-order valence-electron chi connectivity index (χ3n) is 4.55. The number of hydrogen-bond acceptors (Lipinski definition) is 1. The van der Waals surface area contributed by atoms with Gasteiger partial charge < -0.3 is 4.74 Å². The molecule has 0 saturated carbocycles. The van der Waals surface area contributed by atoms with Gasteiger partial charge in [-0.25, -0.2) is 0 Å². The van der Waals surface area contributed by atoms with Crippen molar-refractivity contribution in [1.29, 1.82) is 0 Å². The van der Waals surface area contributed by atoms with Crippen LogP contribution in [-0.2, 0) is 6.42 Å². The second-order valence-corrected chi connectivity index (χ2v) is 6.22. The van der Waals surface area contributed by atoms with Crippen LogP contribution in [0.3, 0.4) is 0 Å². The van der Waals surface area contributed by atoms with Crippen molar-refractivity contribution in [3.8, 4) is 5.75 Å². The molecule has 0 spiro atoms. The van der Waals surface area contributed by atoms with E-state index in [4.69, 9.17) is 4.74 Å². The highest BCUT2D eigenvalue weighted by Gasteiger charge is 2.13. The van der Waals surface area contributed by atoms with E-state index in [0.29, 0.717) is 0 Å². The highest BCUT2D eigenvalue weighted by molar-refractivity contribution is 5.28. The molecule has 0 bridgehead atoms. The fourth-order valence-corrected chi connectivity index (χ4v) is 3.15. The summed E-state index contributed by atoms with van der Waals surface area (Å²) in [6, 6.07) is 8.60. The van der Waals surface area contributed by atoms with Gasteiger partial charge in [-0.05, 0) is 62.6 Å². The lowest BCUT2D eigenvalue weighted by Crippen LogP contribution is -2.06. The standard InChI is InChI=1S/C20H30O/c1-3-5-6-17-7-9-18(10-8-17)11-12-19-13-15-20(16-14-19)21-4-2/h9,13-17H,3-8,10-12H2,1-2H3. The number of ether oxygens (including phenoxy) is 1. The van der Waals surface area contributed by atoms with Gasteiger partial charge in [0.05, 0.1) is 6.61 Å². The summed E-state index contributed by atoms with van der Waals surface area (Å²) < 4.78 is 5.49. The van der Waals surface area contributed by atoms with Gasteiger partial charge in [-0.2, -0.15) is 0 Å². The smallest absolute Gasteiger partial charge is 0.119 e. The molecule has 0 saturated heterocycles. The van der Waals surface area contributed by atoms with E-state index < -0.39 is 0 Å². The maximum atomic E-state index is 5.49. The normalized spacial score (nSPS) is 18.4. The molecule has 0 aromatic heterocycles. The molecule has 1 aromatic rings. The lowest BCUT2D eigenvalue weighted by atomic mass is 9.84. The molecule has 1 heteroatoms. The fourth-order valence-electron chi connectivity index (χ4n) is 3.15. The molecule has 0 fully saturated rings. The molecule has 0 N–H and O–H groups in total. The average Bonchev–Trinajstić information content (AvgIpc) is 2.53. The number of unbranched alkanes of at least 4 members (excludes halogenated alkanes) is 1. The van der Waals surface area contributed by atoms with Crippen molar-refractivity contribution in [2.75, 3.05) is 6.61 Å². The summed E-state index contributed by atoms with van der Waals surface area (Å²) in [5, 5.41) is 0. The van der Waals surface area contributed by atoms with Crippen molar-refractivity contribution in [2.45, 2.75) is 65.2 Å². The minimum absolute atomic E-state index is 0.741. The van der Waals surface area contributed by atoms with E-state index in [1.54, 1.807) is 5.57 Å². The first-order valence-electron chi connectivity index (χ1n) is 8.71. The van der Waals surface area contributed by atoms with Crippen LogP contribution in [-0.4, -0.2) is 6.61 Å². The number of hydrogen-bond donors (Lipinski definition) is 0. The SMILES string of the molecule is CCCCC1CC=C(CCc2ccc(OCC)cc2)CC1. The van der Waals surface area contributed by atoms with Crippen LogP contribution in [0.2, 0.25) is 0 Å². The third kappa shape index (κ3) is 5.57. The first-order chi connectivity index (χ1) is 10.3. The number of rotatable bonds is 8. The molecule has 116 valence electrons. The van der Waals surface area contributed by atoms with Crippen molar-refractivity contribution in [3.05, 3.63) is 41.5 Å². The molecule has 1 unspecified atom stereocenters. The largest absolute Gasteiger partial charge is 0.494 e. The zero-order valence-corrected chi connectivity index (χ0v) is 13.7. The molecular formula is C20H30O. The monoisotopic (exact) mass is 286 g/mol. The van der Waals surface area contributed by atoms with Gasteiger partial charge in [0.15, 0.2) is 0 Å². The molecule has 0 heterocycles. The van der Waals surface area contributed by atoms with Crippen LogP contribution in [0.1, 0.15) is 64.4 Å². The first-order valence-corrected chi connectivity index (χ1v) is 8.71. The summed E-state index contributed by atoms with van der Waals surface area (Å²) in [5.74, 6) is 1.94. The molecule has 1 aromatic carbocycles. The Bertz CT molecular complexity index is 430. The quantitative estimate of drug-likeness (QED) is 0.538. The highest BCUT2D eigenvalue weighted by Crippen LogP contribution is 2.29. The van der Waals surface area contributed by atoms with Crippen molar-refractivity contribution in [2.24, 2.45) is 5.92 Å². The summed E-state index contributed by atoms with van der Waals surface area (Å²) in [5.41, 5.74) is 3.10. The van der Waals surface area contributed by atoms with Crippen LogP contribution in [0, 0.1) is 5.92 Å². The summed E-state index contributed by atoms with van der Waals surface area (Å²) >= 11 is 0. The van der Waals surface area contributed by atoms with E-state index in [-0.39, 0.29) is 0 Å². The van der Waals surface area contributed by atoms with Gasteiger partial charge in [-0.15, -0.1) is 0 Å². The average molecular weight is 286 g/mol. The van der Waals surface area contributed by atoms with Crippen LogP contribution in [0.5, 0.6) is 5.75 Å². The second kappa shape index (κ2) is 8.92. The van der Waals surface area contributed by atoms with Crippen molar-refractivity contribution in [3.63, 3.8) is 0 Å². The second-order valence-electron chi connectivity index (χ2n) is 6.22. The van der Waals surface area contributed by atoms with Gasteiger partial charge in [0, 0.05) is 0 Å². The molecule has 1 aliphatic carbocycles. The van der Waals surface area contributed by atoms with Gasteiger partial charge in [0.25, 0.3) is 0 Å². The van der Waals surface area contributed by atoms with Crippen molar-refractivity contribution < 1.29 is 4.74 Å². The van der Waals surface area contributed by atoms with E-state index in [0.717, 1.165) is 24.7 Å².